The number of carboxylic acids is 1. The molecule has 0 aromatic carbocycles. The average Bonchev–Trinajstić information content (AvgIpc) is 3.19. The fourth-order valence-electron chi connectivity index (χ4n) is 4.71. The molecule has 2 aromatic rings. The average molecular weight is 471 g/mol. The molecule has 2 fully saturated rings. The number of hydrogen-bond donors (Lipinski definition) is 1. The fraction of sp³-hybridized carbons (Fsp3) is 0.577. The van der Waals surface area contributed by atoms with E-state index in [-0.39, 0.29) is 34.3 Å². The van der Waals surface area contributed by atoms with Gasteiger partial charge >= 0.3 is 5.97 Å². The van der Waals surface area contributed by atoms with Gasteiger partial charge in [-0.1, -0.05) is 33.8 Å². The smallest absolute Gasteiger partial charge is 0.348 e. The fourth-order valence-corrected chi connectivity index (χ4v) is 5.76. The van der Waals surface area contributed by atoms with Gasteiger partial charge in [0.1, 0.15) is 11.0 Å². The Morgan fingerprint density at radius 1 is 1.15 bits per heavy atom. The highest BCUT2D eigenvalue weighted by atomic mass is 32.1. The van der Waals surface area contributed by atoms with E-state index in [1.165, 1.54) is 11.3 Å². The van der Waals surface area contributed by atoms with E-state index in [4.69, 9.17) is 4.74 Å². The molecular formula is C26H34N2O4S. The van der Waals surface area contributed by atoms with E-state index in [0.717, 1.165) is 30.6 Å². The number of hydrogen-bond acceptors (Lipinski definition) is 5. The number of ether oxygens (including phenoxy) is 1. The summed E-state index contributed by atoms with van der Waals surface area (Å²) in [5, 5.41) is 9.98. The summed E-state index contributed by atoms with van der Waals surface area (Å²) in [6.45, 7) is 8.45. The van der Waals surface area contributed by atoms with Crippen molar-refractivity contribution in [3.8, 4) is 5.88 Å². The van der Waals surface area contributed by atoms with Crippen LogP contribution in [0.25, 0.3) is 0 Å². The lowest BCUT2D eigenvalue weighted by molar-refractivity contribution is -0.124. The summed E-state index contributed by atoms with van der Waals surface area (Å²) in [5.74, 6) is 0.282. The predicted octanol–water partition coefficient (Wildman–Crippen LogP) is 5.91. The Hall–Kier alpha value is -2.41. The lowest BCUT2D eigenvalue weighted by Crippen LogP contribution is -2.54. The second kappa shape index (κ2) is 9.45. The van der Waals surface area contributed by atoms with Gasteiger partial charge in [-0.3, -0.25) is 4.79 Å². The number of thiophene rings is 1. The van der Waals surface area contributed by atoms with Gasteiger partial charge in [0.05, 0.1) is 5.69 Å². The molecule has 2 aliphatic rings. The zero-order valence-electron chi connectivity index (χ0n) is 19.9. The van der Waals surface area contributed by atoms with Gasteiger partial charge in [0.25, 0.3) is 0 Å². The molecule has 0 radical (unpaired) electrons. The van der Waals surface area contributed by atoms with Crippen molar-refractivity contribution in [3.05, 3.63) is 40.2 Å². The maximum Gasteiger partial charge on any atom is 0.348 e. The topological polar surface area (TPSA) is 79.7 Å². The largest absolute Gasteiger partial charge is 0.477 e. The maximum atomic E-state index is 13.8. The van der Waals surface area contributed by atoms with E-state index >= 15 is 0 Å². The molecule has 0 aliphatic heterocycles. The van der Waals surface area contributed by atoms with Gasteiger partial charge in [0.2, 0.25) is 11.8 Å². The molecule has 6 nitrogen and oxygen atoms in total. The minimum Gasteiger partial charge on any atom is -0.477 e. The number of amides is 1. The molecule has 2 heterocycles. The number of carbonyl (C=O) groups is 2. The molecule has 0 unspecified atom stereocenters. The summed E-state index contributed by atoms with van der Waals surface area (Å²) in [4.78, 5) is 33.3. The lowest BCUT2D eigenvalue weighted by atomic mass is 9.80. The number of aromatic carboxylic acids is 1. The van der Waals surface area contributed by atoms with E-state index in [0.29, 0.717) is 30.3 Å². The standard InChI is InChI=1S/C26H34N2O4S/c1-16-8-10-17(11-9-16)24(29)28(18-13-19(14-18)32-22-7-5-6-12-27-22)20-15-21(26(2,3)4)33-23(20)25(30)31/h5-7,12,15-19H,8-11,13-14H2,1-4H3,(H,30,31)/t16-,17-,18-,19+. The van der Waals surface area contributed by atoms with Crippen LogP contribution >= 0.6 is 11.3 Å². The zero-order valence-corrected chi connectivity index (χ0v) is 20.7. The van der Waals surface area contributed by atoms with Crippen molar-refractivity contribution in [1.82, 2.24) is 4.98 Å². The zero-order chi connectivity index (χ0) is 23.8. The van der Waals surface area contributed by atoms with Crippen LogP contribution in [0.3, 0.4) is 0 Å². The van der Waals surface area contributed by atoms with E-state index in [1.54, 1.807) is 6.20 Å². The minimum absolute atomic E-state index is 0.0272. The van der Waals surface area contributed by atoms with Crippen LogP contribution in [0, 0.1) is 11.8 Å². The van der Waals surface area contributed by atoms with Crippen LogP contribution in [-0.4, -0.2) is 34.1 Å². The molecule has 0 bridgehead atoms. The van der Waals surface area contributed by atoms with Crippen LogP contribution in [-0.2, 0) is 10.2 Å². The highest BCUT2D eigenvalue weighted by Gasteiger charge is 2.43. The van der Waals surface area contributed by atoms with Gasteiger partial charge < -0.3 is 14.7 Å². The van der Waals surface area contributed by atoms with E-state index < -0.39 is 5.97 Å². The highest BCUT2D eigenvalue weighted by Crippen LogP contribution is 2.43. The monoisotopic (exact) mass is 470 g/mol. The summed E-state index contributed by atoms with van der Waals surface area (Å²) in [5.41, 5.74) is 0.370. The number of pyridine rings is 1. The first kappa shape index (κ1) is 23.7. The summed E-state index contributed by atoms with van der Waals surface area (Å²) in [6.07, 6.45) is 6.85. The number of anilines is 1. The number of rotatable bonds is 6. The van der Waals surface area contributed by atoms with E-state index in [1.807, 2.05) is 29.2 Å². The van der Waals surface area contributed by atoms with Crippen molar-refractivity contribution < 1.29 is 19.4 Å². The number of carbonyl (C=O) groups excluding carboxylic acids is 1. The van der Waals surface area contributed by atoms with Crippen LogP contribution in [0.1, 0.15) is 80.8 Å². The Morgan fingerprint density at radius 2 is 1.85 bits per heavy atom. The van der Waals surface area contributed by atoms with Gasteiger partial charge in [-0.05, 0) is 49.1 Å². The van der Waals surface area contributed by atoms with Gasteiger partial charge in [-0.25, -0.2) is 9.78 Å². The van der Waals surface area contributed by atoms with Crippen molar-refractivity contribution in [1.29, 1.82) is 0 Å². The Balaban J connectivity index is 1.61. The van der Waals surface area contributed by atoms with Crippen LogP contribution in [0.4, 0.5) is 5.69 Å². The van der Waals surface area contributed by atoms with Gasteiger partial charge in [-0.2, -0.15) is 0 Å². The molecule has 4 rings (SSSR count). The van der Waals surface area contributed by atoms with Gasteiger partial charge in [0, 0.05) is 41.9 Å². The first-order valence-electron chi connectivity index (χ1n) is 11.9. The summed E-state index contributed by atoms with van der Waals surface area (Å²) in [7, 11) is 0. The molecule has 1 N–H and O–H groups in total. The van der Waals surface area contributed by atoms with Crippen molar-refractivity contribution in [2.45, 2.75) is 83.8 Å². The Kier molecular flexibility index (Phi) is 6.80. The lowest BCUT2D eigenvalue weighted by Gasteiger charge is -2.44. The molecule has 2 aliphatic carbocycles. The molecule has 0 spiro atoms. The molecular weight excluding hydrogens is 436 g/mol. The molecule has 0 atom stereocenters. The van der Waals surface area contributed by atoms with Gasteiger partial charge in [0.15, 0.2) is 0 Å². The van der Waals surface area contributed by atoms with Gasteiger partial charge in [-0.15, -0.1) is 11.3 Å². The molecule has 1 amide bonds. The predicted molar refractivity (Wildman–Crippen MR) is 130 cm³/mol. The van der Waals surface area contributed by atoms with Crippen molar-refractivity contribution in [3.63, 3.8) is 0 Å². The molecule has 178 valence electrons. The SMILES string of the molecule is CC(C)(C)c1cc(N(C(=O)[C@H]2CC[C@H](C)CC2)[C@H]2C[C@@H](Oc3ccccn3)C2)c(C(=O)O)s1. The molecule has 2 aromatic heterocycles. The maximum absolute atomic E-state index is 13.8. The number of nitrogens with zero attached hydrogens (tertiary/aromatic N) is 2. The number of carboxylic acid groups (broad SMARTS) is 1. The normalized spacial score (nSPS) is 25.2. The molecule has 0 saturated heterocycles. The Bertz CT molecular complexity index is 983. The van der Waals surface area contributed by atoms with Crippen LogP contribution in [0.2, 0.25) is 0 Å². The second-order valence-electron chi connectivity index (χ2n) is 10.6. The quantitative estimate of drug-likeness (QED) is 0.568. The van der Waals surface area contributed by atoms with Crippen LogP contribution in [0.15, 0.2) is 30.5 Å². The van der Waals surface area contributed by atoms with Crippen molar-refractivity contribution >= 4 is 28.9 Å². The van der Waals surface area contributed by atoms with Crippen LogP contribution < -0.4 is 9.64 Å². The summed E-state index contributed by atoms with van der Waals surface area (Å²) in [6, 6.07) is 7.43. The van der Waals surface area contributed by atoms with Crippen molar-refractivity contribution in [2.75, 3.05) is 4.90 Å². The number of aromatic nitrogens is 1. The molecule has 7 heteroatoms. The Labute approximate surface area is 200 Å². The first-order chi connectivity index (χ1) is 15.6. The second-order valence-corrected chi connectivity index (χ2v) is 11.6. The highest BCUT2D eigenvalue weighted by molar-refractivity contribution is 7.14. The van der Waals surface area contributed by atoms with E-state index in [2.05, 4.69) is 32.7 Å². The third kappa shape index (κ3) is 5.24. The molecule has 33 heavy (non-hydrogen) atoms. The first-order valence-corrected chi connectivity index (χ1v) is 12.7. The van der Waals surface area contributed by atoms with Crippen LogP contribution in [0.5, 0.6) is 5.88 Å². The minimum atomic E-state index is -0.971. The third-order valence-corrected chi connectivity index (χ3v) is 8.41. The third-order valence-electron chi connectivity index (χ3n) is 6.87. The Morgan fingerprint density at radius 3 is 2.42 bits per heavy atom. The summed E-state index contributed by atoms with van der Waals surface area (Å²) < 4.78 is 5.98. The summed E-state index contributed by atoms with van der Waals surface area (Å²) >= 11 is 1.29. The van der Waals surface area contributed by atoms with E-state index in [9.17, 15) is 14.7 Å². The van der Waals surface area contributed by atoms with Crippen molar-refractivity contribution in [2.24, 2.45) is 11.8 Å². The molecule has 2 saturated carbocycles.